The van der Waals surface area contributed by atoms with Gasteiger partial charge in [0.1, 0.15) is 23.1 Å². The fraction of sp³-hybridized carbons (Fsp3) is 0.286. The molecule has 4 nitrogen and oxygen atoms in total. The van der Waals surface area contributed by atoms with Gasteiger partial charge in [-0.05, 0) is 31.0 Å². The predicted molar refractivity (Wildman–Crippen MR) is 73.1 cm³/mol. The SMILES string of the molecule is Fc1cccc(F)c1Nc1nccc(N2CCCC2)n1. The largest absolute Gasteiger partial charge is 0.356 e. The molecule has 0 bridgehead atoms. The first kappa shape index (κ1) is 12.8. The molecule has 2 heterocycles. The predicted octanol–water partition coefficient (Wildman–Crippen LogP) is 3.10. The van der Waals surface area contributed by atoms with E-state index in [0.29, 0.717) is 0 Å². The number of anilines is 3. The summed E-state index contributed by atoms with van der Waals surface area (Å²) in [7, 11) is 0. The molecule has 1 aromatic heterocycles. The molecule has 0 spiro atoms. The van der Waals surface area contributed by atoms with Crippen LogP contribution in [0, 0.1) is 11.6 Å². The van der Waals surface area contributed by atoms with E-state index in [4.69, 9.17) is 0 Å². The maximum absolute atomic E-state index is 13.6. The highest BCUT2D eigenvalue weighted by Gasteiger charge is 2.15. The van der Waals surface area contributed by atoms with Gasteiger partial charge in [0.05, 0.1) is 0 Å². The summed E-state index contributed by atoms with van der Waals surface area (Å²) < 4.78 is 27.1. The highest BCUT2D eigenvalue weighted by molar-refractivity contribution is 5.56. The smallest absolute Gasteiger partial charge is 0.229 e. The van der Waals surface area contributed by atoms with Crippen molar-refractivity contribution in [3.05, 3.63) is 42.1 Å². The van der Waals surface area contributed by atoms with Crippen molar-refractivity contribution in [2.24, 2.45) is 0 Å². The minimum Gasteiger partial charge on any atom is -0.356 e. The number of benzene rings is 1. The van der Waals surface area contributed by atoms with E-state index in [9.17, 15) is 8.78 Å². The van der Waals surface area contributed by atoms with Crippen molar-refractivity contribution in [1.29, 1.82) is 0 Å². The van der Waals surface area contributed by atoms with Crippen molar-refractivity contribution in [2.75, 3.05) is 23.3 Å². The molecule has 1 aliphatic heterocycles. The van der Waals surface area contributed by atoms with Gasteiger partial charge in [-0.3, -0.25) is 0 Å². The Labute approximate surface area is 115 Å². The lowest BCUT2D eigenvalue weighted by atomic mass is 10.3. The molecule has 0 radical (unpaired) electrons. The summed E-state index contributed by atoms with van der Waals surface area (Å²) >= 11 is 0. The van der Waals surface area contributed by atoms with E-state index in [2.05, 4.69) is 20.2 Å². The Morgan fingerprint density at radius 2 is 1.75 bits per heavy atom. The van der Waals surface area contributed by atoms with Crippen LogP contribution in [-0.2, 0) is 0 Å². The fourth-order valence-electron chi connectivity index (χ4n) is 2.26. The summed E-state index contributed by atoms with van der Waals surface area (Å²) in [5, 5.41) is 2.61. The van der Waals surface area contributed by atoms with Crippen LogP contribution >= 0.6 is 0 Å². The zero-order valence-corrected chi connectivity index (χ0v) is 10.8. The molecule has 0 unspecified atom stereocenters. The van der Waals surface area contributed by atoms with E-state index >= 15 is 0 Å². The molecule has 104 valence electrons. The number of hydrogen-bond acceptors (Lipinski definition) is 4. The second kappa shape index (κ2) is 5.40. The number of nitrogens with one attached hydrogen (secondary N) is 1. The third-order valence-corrected chi connectivity index (χ3v) is 3.27. The van der Waals surface area contributed by atoms with Gasteiger partial charge in [0.15, 0.2) is 0 Å². The van der Waals surface area contributed by atoms with Crippen LogP contribution in [0.4, 0.5) is 26.2 Å². The van der Waals surface area contributed by atoms with Crippen LogP contribution in [0.1, 0.15) is 12.8 Å². The lowest BCUT2D eigenvalue weighted by molar-refractivity contribution is 0.590. The monoisotopic (exact) mass is 276 g/mol. The Balaban J connectivity index is 1.85. The first-order chi connectivity index (χ1) is 9.74. The lowest BCUT2D eigenvalue weighted by Gasteiger charge is -2.16. The van der Waals surface area contributed by atoms with Gasteiger partial charge < -0.3 is 10.2 Å². The van der Waals surface area contributed by atoms with Crippen molar-refractivity contribution < 1.29 is 8.78 Å². The average molecular weight is 276 g/mol. The van der Waals surface area contributed by atoms with E-state index < -0.39 is 11.6 Å². The quantitative estimate of drug-likeness (QED) is 0.935. The Morgan fingerprint density at radius 1 is 1.05 bits per heavy atom. The number of halogens is 2. The molecule has 1 aliphatic rings. The van der Waals surface area contributed by atoms with Gasteiger partial charge in [-0.2, -0.15) is 4.98 Å². The van der Waals surface area contributed by atoms with E-state index in [1.54, 1.807) is 12.3 Å². The molecule has 1 fully saturated rings. The first-order valence-electron chi connectivity index (χ1n) is 6.53. The molecule has 1 aromatic carbocycles. The molecule has 1 saturated heterocycles. The van der Waals surface area contributed by atoms with Crippen LogP contribution in [0.5, 0.6) is 0 Å². The third kappa shape index (κ3) is 2.54. The molecule has 0 amide bonds. The zero-order chi connectivity index (χ0) is 13.9. The molecule has 6 heteroatoms. The van der Waals surface area contributed by atoms with E-state index in [1.165, 1.54) is 18.2 Å². The minimum absolute atomic E-state index is 0.193. The lowest BCUT2D eigenvalue weighted by Crippen LogP contribution is -2.19. The van der Waals surface area contributed by atoms with Crippen LogP contribution in [0.25, 0.3) is 0 Å². The Bertz CT molecular complexity index is 592. The van der Waals surface area contributed by atoms with Crippen molar-refractivity contribution >= 4 is 17.5 Å². The summed E-state index contributed by atoms with van der Waals surface area (Å²) in [5.74, 6) is -0.365. The molecule has 0 atom stereocenters. The van der Waals surface area contributed by atoms with Gasteiger partial charge in [-0.1, -0.05) is 6.07 Å². The minimum atomic E-state index is -0.667. The van der Waals surface area contributed by atoms with Gasteiger partial charge >= 0.3 is 0 Å². The number of para-hydroxylation sites is 1. The summed E-state index contributed by atoms with van der Waals surface area (Å²) in [6, 6.07) is 5.50. The zero-order valence-electron chi connectivity index (χ0n) is 10.8. The summed E-state index contributed by atoms with van der Waals surface area (Å²) in [6.07, 6.45) is 3.85. The second-order valence-electron chi connectivity index (χ2n) is 4.65. The first-order valence-corrected chi connectivity index (χ1v) is 6.53. The highest BCUT2D eigenvalue weighted by atomic mass is 19.1. The maximum Gasteiger partial charge on any atom is 0.229 e. The molecule has 20 heavy (non-hydrogen) atoms. The van der Waals surface area contributed by atoms with E-state index in [1.807, 2.05) is 0 Å². The molecule has 0 aliphatic carbocycles. The number of hydrogen-bond donors (Lipinski definition) is 1. The van der Waals surface area contributed by atoms with Gasteiger partial charge in [-0.25, -0.2) is 13.8 Å². The summed E-state index contributed by atoms with van der Waals surface area (Å²) in [4.78, 5) is 10.4. The Kier molecular flexibility index (Phi) is 3.45. The molecule has 1 N–H and O–H groups in total. The molecular weight excluding hydrogens is 262 g/mol. The van der Waals surface area contributed by atoms with Crippen LogP contribution in [0.3, 0.4) is 0 Å². The normalized spacial score (nSPS) is 14.6. The van der Waals surface area contributed by atoms with Gasteiger partial charge in [0, 0.05) is 19.3 Å². The van der Waals surface area contributed by atoms with Crippen molar-refractivity contribution in [2.45, 2.75) is 12.8 Å². The molecule has 3 rings (SSSR count). The Hall–Kier alpha value is -2.24. The standard InChI is InChI=1S/C14H14F2N4/c15-10-4-3-5-11(16)13(10)19-14-17-7-6-12(18-14)20-8-1-2-9-20/h3-7H,1-2,8-9H2,(H,17,18,19). The van der Waals surface area contributed by atoms with Crippen LogP contribution in [-0.4, -0.2) is 23.1 Å². The summed E-state index contributed by atoms with van der Waals surface area (Å²) in [5.41, 5.74) is -0.230. The van der Waals surface area contributed by atoms with Crippen LogP contribution in [0.15, 0.2) is 30.5 Å². The van der Waals surface area contributed by atoms with Crippen molar-refractivity contribution in [3.8, 4) is 0 Å². The topological polar surface area (TPSA) is 41.1 Å². The van der Waals surface area contributed by atoms with Crippen LogP contribution in [0.2, 0.25) is 0 Å². The third-order valence-electron chi connectivity index (χ3n) is 3.27. The van der Waals surface area contributed by atoms with Crippen LogP contribution < -0.4 is 10.2 Å². The average Bonchev–Trinajstić information content (AvgIpc) is 2.98. The summed E-state index contributed by atoms with van der Waals surface area (Å²) in [6.45, 7) is 1.90. The van der Waals surface area contributed by atoms with Gasteiger partial charge in [0.25, 0.3) is 0 Å². The fourth-order valence-corrected chi connectivity index (χ4v) is 2.26. The van der Waals surface area contributed by atoms with Gasteiger partial charge in [0.2, 0.25) is 5.95 Å². The van der Waals surface area contributed by atoms with E-state index in [-0.39, 0.29) is 11.6 Å². The number of rotatable bonds is 3. The molecule has 0 saturated carbocycles. The molecule has 2 aromatic rings. The van der Waals surface area contributed by atoms with Gasteiger partial charge in [-0.15, -0.1) is 0 Å². The van der Waals surface area contributed by atoms with Crippen molar-refractivity contribution in [1.82, 2.24) is 9.97 Å². The highest BCUT2D eigenvalue weighted by Crippen LogP contribution is 2.23. The number of nitrogens with zero attached hydrogens (tertiary/aromatic N) is 3. The Morgan fingerprint density at radius 3 is 2.45 bits per heavy atom. The van der Waals surface area contributed by atoms with E-state index in [0.717, 1.165) is 31.7 Å². The second-order valence-corrected chi connectivity index (χ2v) is 4.65. The molecular formula is C14H14F2N4. The van der Waals surface area contributed by atoms with Crippen molar-refractivity contribution in [3.63, 3.8) is 0 Å². The maximum atomic E-state index is 13.6. The number of aromatic nitrogens is 2.